The molecule has 0 spiro atoms. The zero-order valence-corrected chi connectivity index (χ0v) is 12.6. The molecule has 2 heterocycles. The van der Waals surface area contributed by atoms with Gasteiger partial charge in [0.2, 0.25) is 0 Å². The molecule has 7 heteroatoms. The minimum absolute atomic E-state index is 0.0813. The molecule has 2 aromatic rings. The first kappa shape index (κ1) is 14.6. The van der Waals surface area contributed by atoms with Gasteiger partial charge in [0.15, 0.2) is 0 Å². The van der Waals surface area contributed by atoms with Gasteiger partial charge in [-0.2, -0.15) is 0 Å². The Labute approximate surface area is 129 Å². The van der Waals surface area contributed by atoms with E-state index in [4.69, 9.17) is 0 Å². The number of likely N-dealkylation sites (tertiary alicyclic amines) is 1. The number of hydrogen-bond acceptors (Lipinski definition) is 5. The fraction of sp³-hybridized carbons (Fsp3) is 0.467. The number of nitrogens with zero attached hydrogens (tertiary/aromatic N) is 5. The molecule has 1 fully saturated rings. The first-order valence-corrected chi connectivity index (χ1v) is 7.55. The number of amides is 1. The van der Waals surface area contributed by atoms with E-state index in [1.165, 1.54) is 6.33 Å². The molecule has 7 nitrogen and oxygen atoms in total. The number of carbonyl (C=O) groups excluding carboxylic acids is 1. The van der Waals surface area contributed by atoms with Crippen LogP contribution >= 0.6 is 0 Å². The zero-order chi connectivity index (χ0) is 15.4. The van der Waals surface area contributed by atoms with Gasteiger partial charge in [0.05, 0.1) is 5.69 Å². The van der Waals surface area contributed by atoms with Crippen molar-refractivity contribution in [2.45, 2.75) is 12.8 Å². The molecule has 1 N–H and O–H groups in total. The van der Waals surface area contributed by atoms with Crippen molar-refractivity contribution in [1.82, 2.24) is 30.4 Å². The zero-order valence-electron chi connectivity index (χ0n) is 12.6. The number of carbonyl (C=O) groups is 1. The van der Waals surface area contributed by atoms with Gasteiger partial charge in [0.1, 0.15) is 6.33 Å². The predicted octanol–water partition coefficient (Wildman–Crippen LogP) is 0.734. The number of rotatable bonds is 4. The van der Waals surface area contributed by atoms with Crippen LogP contribution in [0.15, 0.2) is 30.6 Å². The molecule has 116 valence electrons. The number of tetrazole rings is 1. The molecule has 1 aliphatic heterocycles. The van der Waals surface area contributed by atoms with Crippen molar-refractivity contribution in [1.29, 1.82) is 0 Å². The maximum Gasteiger partial charge on any atom is 0.253 e. The normalized spacial score (nSPS) is 16.0. The molecule has 0 atom stereocenters. The first-order valence-electron chi connectivity index (χ1n) is 7.55. The minimum atomic E-state index is 0.0813. The van der Waals surface area contributed by atoms with Crippen molar-refractivity contribution in [2.75, 3.05) is 26.7 Å². The summed E-state index contributed by atoms with van der Waals surface area (Å²) in [6, 6.07) is 7.42. The highest BCUT2D eigenvalue weighted by Crippen LogP contribution is 2.19. The fourth-order valence-electron chi connectivity index (χ4n) is 2.87. The van der Waals surface area contributed by atoms with Crippen LogP contribution in [-0.2, 0) is 0 Å². The summed E-state index contributed by atoms with van der Waals surface area (Å²) >= 11 is 0. The molecule has 0 aliphatic carbocycles. The molecule has 0 bridgehead atoms. The highest BCUT2D eigenvalue weighted by molar-refractivity contribution is 5.94. The van der Waals surface area contributed by atoms with E-state index < -0.39 is 0 Å². The van der Waals surface area contributed by atoms with Gasteiger partial charge in [0.25, 0.3) is 5.91 Å². The molecule has 1 aromatic carbocycles. The van der Waals surface area contributed by atoms with Crippen molar-refractivity contribution in [3.8, 4) is 5.69 Å². The summed E-state index contributed by atoms with van der Waals surface area (Å²) in [5.41, 5.74) is 1.47. The van der Waals surface area contributed by atoms with Crippen molar-refractivity contribution in [3.63, 3.8) is 0 Å². The average Bonchev–Trinajstić information content (AvgIpc) is 3.10. The number of hydrogen-bond donors (Lipinski definition) is 1. The first-order chi connectivity index (χ1) is 10.8. The quantitative estimate of drug-likeness (QED) is 0.901. The van der Waals surface area contributed by atoms with Crippen molar-refractivity contribution >= 4 is 5.91 Å². The Balaban J connectivity index is 1.69. The van der Waals surface area contributed by atoms with Crippen LogP contribution < -0.4 is 5.32 Å². The third kappa shape index (κ3) is 3.14. The average molecular weight is 300 g/mol. The molecular formula is C15H20N6O. The van der Waals surface area contributed by atoms with Gasteiger partial charge in [-0.3, -0.25) is 4.79 Å². The summed E-state index contributed by atoms with van der Waals surface area (Å²) in [6.45, 7) is 2.66. The fourth-order valence-corrected chi connectivity index (χ4v) is 2.87. The molecule has 3 rings (SSSR count). The summed E-state index contributed by atoms with van der Waals surface area (Å²) in [5, 5.41) is 14.3. The van der Waals surface area contributed by atoms with Crippen LogP contribution in [0.3, 0.4) is 0 Å². The van der Waals surface area contributed by atoms with E-state index in [2.05, 4.69) is 20.8 Å². The Morgan fingerprint density at radius 1 is 1.36 bits per heavy atom. The molecule has 0 saturated carbocycles. The van der Waals surface area contributed by atoms with Gasteiger partial charge in [-0.05, 0) is 61.0 Å². The molecular weight excluding hydrogens is 280 g/mol. The van der Waals surface area contributed by atoms with E-state index in [0.717, 1.165) is 38.2 Å². The van der Waals surface area contributed by atoms with Crippen LogP contribution in [0.1, 0.15) is 23.2 Å². The standard InChI is InChI=1S/C15H20N6O/c1-16-10-12-5-7-20(8-6-12)15(22)13-3-2-4-14(9-13)21-11-17-18-19-21/h2-4,9,11-12,16H,5-8,10H2,1H3. The second kappa shape index (κ2) is 6.65. The highest BCUT2D eigenvalue weighted by Gasteiger charge is 2.23. The third-order valence-corrected chi connectivity index (χ3v) is 4.10. The van der Waals surface area contributed by atoms with Gasteiger partial charge < -0.3 is 10.2 Å². The van der Waals surface area contributed by atoms with Gasteiger partial charge in [0, 0.05) is 18.7 Å². The summed E-state index contributed by atoms with van der Waals surface area (Å²) in [6.07, 6.45) is 3.63. The minimum Gasteiger partial charge on any atom is -0.339 e. The van der Waals surface area contributed by atoms with Crippen LogP contribution in [0.5, 0.6) is 0 Å². The van der Waals surface area contributed by atoms with Crippen LogP contribution in [0.4, 0.5) is 0 Å². The van der Waals surface area contributed by atoms with E-state index in [9.17, 15) is 4.79 Å². The van der Waals surface area contributed by atoms with Gasteiger partial charge in [-0.25, -0.2) is 4.68 Å². The third-order valence-electron chi connectivity index (χ3n) is 4.10. The van der Waals surface area contributed by atoms with E-state index in [1.54, 1.807) is 4.68 Å². The monoisotopic (exact) mass is 300 g/mol. The van der Waals surface area contributed by atoms with Crippen molar-refractivity contribution in [2.24, 2.45) is 5.92 Å². The Kier molecular flexibility index (Phi) is 4.43. The van der Waals surface area contributed by atoms with Crippen LogP contribution in [0.25, 0.3) is 5.69 Å². The number of piperidine rings is 1. The van der Waals surface area contributed by atoms with Crippen molar-refractivity contribution < 1.29 is 4.79 Å². The SMILES string of the molecule is CNCC1CCN(C(=O)c2cccc(-n3cnnn3)c2)CC1. The largest absolute Gasteiger partial charge is 0.339 e. The Morgan fingerprint density at radius 2 is 2.18 bits per heavy atom. The highest BCUT2D eigenvalue weighted by atomic mass is 16.2. The van der Waals surface area contributed by atoms with Crippen LogP contribution in [0.2, 0.25) is 0 Å². The second-order valence-corrected chi connectivity index (χ2v) is 5.60. The summed E-state index contributed by atoms with van der Waals surface area (Å²) < 4.78 is 1.55. The van der Waals surface area contributed by atoms with Crippen molar-refractivity contribution in [3.05, 3.63) is 36.2 Å². The second-order valence-electron chi connectivity index (χ2n) is 5.60. The summed E-state index contributed by atoms with van der Waals surface area (Å²) in [7, 11) is 1.97. The van der Waals surface area contributed by atoms with Gasteiger partial charge in [-0.1, -0.05) is 6.07 Å². The van der Waals surface area contributed by atoms with E-state index in [-0.39, 0.29) is 5.91 Å². The maximum absolute atomic E-state index is 12.6. The lowest BCUT2D eigenvalue weighted by Crippen LogP contribution is -2.40. The van der Waals surface area contributed by atoms with Gasteiger partial charge in [-0.15, -0.1) is 5.10 Å². The maximum atomic E-state index is 12.6. The molecule has 0 radical (unpaired) electrons. The lowest BCUT2D eigenvalue weighted by atomic mass is 9.96. The predicted molar refractivity (Wildman–Crippen MR) is 81.7 cm³/mol. The van der Waals surface area contributed by atoms with Gasteiger partial charge >= 0.3 is 0 Å². The Bertz CT molecular complexity index is 619. The van der Waals surface area contributed by atoms with Crippen LogP contribution in [-0.4, -0.2) is 57.7 Å². The number of benzene rings is 1. The molecule has 1 aliphatic rings. The Morgan fingerprint density at radius 3 is 2.86 bits per heavy atom. The smallest absolute Gasteiger partial charge is 0.253 e. The molecule has 22 heavy (non-hydrogen) atoms. The Hall–Kier alpha value is -2.28. The summed E-state index contributed by atoms with van der Waals surface area (Å²) in [4.78, 5) is 14.6. The van der Waals surface area contributed by atoms with E-state index in [1.807, 2.05) is 36.2 Å². The summed E-state index contributed by atoms with van der Waals surface area (Å²) in [5.74, 6) is 0.749. The lowest BCUT2D eigenvalue weighted by molar-refractivity contribution is 0.0691. The molecule has 1 amide bonds. The molecule has 1 saturated heterocycles. The van der Waals surface area contributed by atoms with E-state index in [0.29, 0.717) is 11.5 Å². The number of aromatic nitrogens is 4. The number of nitrogens with one attached hydrogen (secondary N) is 1. The topological polar surface area (TPSA) is 75.9 Å². The van der Waals surface area contributed by atoms with E-state index >= 15 is 0 Å². The molecule has 1 aromatic heterocycles. The lowest BCUT2D eigenvalue weighted by Gasteiger charge is -2.32. The molecule has 0 unspecified atom stereocenters. The van der Waals surface area contributed by atoms with Crippen LogP contribution in [0, 0.1) is 5.92 Å².